The van der Waals surface area contributed by atoms with Gasteiger partial charge in [-0.1, -0.05) is 36.4 Å². The summed E-state index contributed by atoms with van der Waals surface area (Å²) in [6.07, 6.45) is -4.55. The number of carbonyl (C=O) groups is 1. The molecule has 0 atom stereocenters. The monoisotopic (exact) mass is 429 g/mol. The molecule has 1 N–H and O–H groups in total. The Morgan fingerprint density at radius 1 is 1.03 bits per heavy atom. The quantitative estimate of drug-likeness (QED) is 0.415. The maximum atomic E-state index is 12.9. The number of nitro benzene ring substituents is 1. The second-order valence-corrected chi connectivity index (χ2v) is 6.83. The molecule has 0 aromatic heterocycles. The Hall–Kier alpha value is -3.88. The molecule has 0 bridgehead atoms. The molecule has 9 heteroatoms. The fourth-order valence-electron chi connectivity index (χ4n) is 3.05. The van der Waals surface area contributed by atoms with Crippen LogP contribution in [0.15, 0.2) is 72.8 Å². The summed E-state index contributed by atoms with van der Waals surface area (Å²) < 4.78 is 38.6. The second-order valence-electron chi connectivity index (χ2n) is 6.83. The fourth-order valence-corrected chi connectivity index (χ4v) is 3.05. The van der Waals surface area contributed by atoms with Gasteiger partial charge in [-0.05, 0) is 35.9 Å². The highest BCUT2D eigenvalue weighted by Crippen LogP contribution is 2.32. The van der Waals surface area contributed by atoms with Crippen LogP contribution in [0.2, 0.25) is 0 Å². The number of nitrogens with one attached hydrogen (secondary N) is 1. The van der Waals surface area contributed by atoms with Crippen molar-refractivity contribution >= 4 is 23.0 Å². The number of benzene rings is 3. The maximum Gasteiger partial charge on any atom is 0.416 e. The predicted molar refractivity (Wildman–Crippen MR) is 111 cm³/mol. The van der Waals surface area contributed by atoms with Gasteiger partial charge in [0.25, 0.3) is 11.6 Å². The van der Waals surface area contributed by atoms with Crippen LogP contribution in [0, 0.1) is 10.1 Å². The van der Waals surface area contributed by atoms with Crippen molar-refractivity contribution in [1.82, 2.24) is 0 Å². The van der Waals surface area contributed by atoms with Gasteiger partial charge in [0.15, 0.2) is 0 Å². The highest BCUT2D eigenvalue weighted by Gasteiger charge is 2.30. The summed E-state index contributed by atoms with van der Waals surface area (Å²) in [6.45, 7) is 0.414. The molecule has 0 saturated heterocycles. The van der Waals surface area contributed by atoms with Crippen molar-refractivity contribution in [2.24, 2.45) is 0 Å². The van der Waals surface area contributed by atoms with Crippen LogP contribution in [0.4, 0.5) is 30.2 Å². The van der Waals surface area contributed by atoms with Crippen LogP contribution in [0.5, 0.6) is 0 Å². The molecule has 0 fully saturated rings. The molecule has 6 nitrogen and oxygen atoms in total. The summed E-state index contributed by atoms with van der Waals surface area (Å²) in [7, 11) is 1.69. The number of carbonyl (C=O) groups excluding carboxylic acids is 1. The zero-order valence-electron chi connectivity index (χ0n) is 16.4. The Bertz CT molecular complexity index is 1100. The number of halogens is 3. The van der Waals surface area contributed by atoms with Crippen molar-refractivity contribution in [3.8, 4) is 0 Å². The van der Waals surface area contributed by atoms with Crippen molar-refractivity contribution in [3.63, 3.8) is 0 Å². The molecule has 3 aromatic rings. The first kappa shape index (κ1) is 21.8. The number of rotatable bonds is 6. The third kappa shape index (κ3) is 5.39. The summed E-state index contributed by atoms with van der Waals surface area (Å²) in [6, 6.07) is 17.5. The molecule has 0 unspecified atom stereocenters. The van der Waals surface area contributed by atoms with E-state index in [1.54, 1.807) is 11.9 Å². The lowest BCUT2D eigenvalue weighted by molar-refractivity contribution is -0.384. The molecular formula is C22H18F3N3O3. The van der Waals surface area contributed by atoms with Crippen LogP contribution in [0.25, 0.3) is 0 Å². The van der Waals surface area contributed by atoms with Gasteiger partial charge in [0.2, 0.25) is 0 Å². The van der Waals surface area contributed by atoms with Crippen molar-refractivity contribution in [3.05, 3.63) is 99.6 Å². The summed E-state index contributed by atoms with van der Waals surface area (Å²) in [5, 5.41) is 13.9. The van der Waals surface area contributed by atoms with Crippen molar-refractivity contribution in [1.29, 1.82) is 0 Å². The van der Waals surface area contributed by atoms with E-state index in [1.807, 2.05) is 30.3 Å². The first-order valence-corrected chi connectivity index (χ1v) is 9.17. The molecule has 0 heterocycles. The van der Waals surface area contributed by atoms with Crippen LogP contribution in [0.3, 0.4) is 0 Å². The Labute approximate surface area is 176 Å². The van der Waals surface area contributed by atoms with Gasteiger partial charge in [0.05, 0.1) is 10.5 Å². The van der Waals surface area contributed by atoms with Crippen LogP contribution >= 0.6 is 0 Å². The fraction of sp³-hybridized carbons (Fsp3) is 0.136. The van der Waals surface area contributed by atoms with Crippen molar-refractivity contribution < 1.29 is 22.9 Å². The summed E-state index contributed by atoms with van der Waals surface area (Å²) in [4.78, 5) is 25.2. The number of nitro groups is 1. The van der Waals surface area contributed by atoms with Gasteiger partial charge in [0, 0.05) is 30.9 Å². The standard InChI is InChI=1S/C22H18F3N3O3/c1-27(14-15-6-3-2-4-7-15)19-11-10-16(12-20(19)28(30)31)21(29)26-18-9-5-8-17(13-18)22(23,24)25/h2-13H,14H2,1H3,(H,26,29). The minimum Gasteiger partial charge on any atom is -0.365 e. The van der Waals surface area contributed by atoms with E-state index in [1.165, 1.54) is 24.3 Å². The van der Waals surface area contributed by atoms with Crippen LogP contribution in [-0.4, -0.2) is 17.9 Å². The number of hydrogen-bond acceptors (Lipinski definition) is 4. The van der Waals surface area contributed by atoms with Gasteiger partial charge >= 0.3 is 6.18 Å². The summed E-state index contributed by atoms with van der Waals surface area (Å²) in [5.74, 6) is -0.750. The minimum absolute atomic E-state index is 0.0408. The Balaban J connectivity index is 1.83. The van der Waals surface area contributed by atoms with E-state index in [2.05, 4.69) is 5.32 Å². The van der Waals surface area contributed by atoms with Crippen LogP contribution in [-0.2, 0) is 12.7 Å². The van der Waals surface area contributed by atoms with Crippen LogP contribution < -0.4 is 10.2 Å². The molecule has 160 valence electrons. The molecule has 31 heavy (non-hydrogen) atoms. The van der Waals surface area contributed by atoms with Gasteiger partial charge in [-0.3, -0.25) is 14.9 Å². The molecule has 0 spiro atoms. The first-order valence-electron chi connectivity index (χ1n) is 9.17. The molecule has 0 aliphatic heterocycles. The largest absolute Gasteiger partial charge is 0.416 e. The molecule has 0 aliphatic carbocycles. The topological polar surface area (TPSA) is 75.5 Å². The predicted octanol–water partition coefficient (Wildman–Crippen LogP) is 5.50. The van der Waals surface area contributed by atoms with E-state index in [9.17, 15) is 28.1 Å². The van der Waals surface area contributed by atoms with Crippen molar-refractivity contribution in [2.45, 2.75) is 12.7 Å². The number of amides is 1. The molecule has 0 saturated carbocycles. The van der Waals surface area contributed by atoms with Gasteiger partial charge in [-0.15, -0.1) is 0 Å². The average Bonchev–Trinajstić information content (AvgIpc) is 2.73. The molecule has 0 aliphatic rings. The highest BCUT2D eigenvalue weighted by molar-refractivity contribution is 6.05. The number of nitrogens with zero attached hydrogens (tertiary/aromatic N) is 2. The lowest BCUT2D eigenvalue weighted by Gasteiger charge is -2.19. The average molecular weight is 429 g/mol. The van der Waals surface area contributed by atoms with Gasteiger partial charge in [0.1, 0.15) is 5.69 Å². The third-order valence-corrected chi connectivity index (χ3v) is 4.56. The zero-order chi connectivity index (χ0) is 22.6. The Morgan fingerprint density at radius 3 is 2.39 bits per heavy atom. The van der Waals surface area contributed by atoms with Crippen molar-refractivity contribution in [2.75, 3.05) is 17.3 Å². The van der Waals surface area contributed by atoms with E-state index in [-0.39, 0.29) is 16.9 Å². The molecule has 0 radical (unpaired) electrons. The van der Waals surface area contributed by atoms with Gasteiger partial charge in [-0.2, -0.15) is 13.2 Å². The van der Waals surface area contributed by atoms with E-state index in [0.717, 1.165) is 23.8 Å². The van der Waals surface area contributed by atoms with E-state index in [4.69, 9.17) is 0 Å². The lowest BCUT2D eigenvalue weighted by Crippen LogP contribution is -2.19. The molecule has 3 rings (SSSR count). The Morgan fingerprint density at radius 2 is 1.74 bits per heavy atom. The molecular weight excluding hydrogens is 411 g/mol. The van der Waals surface area contributed by atoms with E-state index < -0.39 is 22.6 Å². The number of hydrogen-bond donors (Lipinski definition) is 1. The SMILES string of the molecule is CN(Cc1ccccc1)c1ccc(C(=O)Nc2cccc(C(F)(F)F)c2)cc1[N+](=O)[O-]. The summed E-state index contributed by atoms with van der Waals surface area (Å²) in [5.41, 5.74) is -0.0341. The number of alkyl halides is 3. The van der Waals surface area contributed by atoms with Gasteiger partial charge in [-0.25, -0.2) is 0 Å². The minimum atomic E-state index is -4.55. The maximum absolute atomic E-state index is 12.9. The first-order chi connectivity index (χ1) is 14.6. The van der Waals surface area contributed by atoms with Gasteiger partial charge < -0.3 is 10.2 Å². The Kier molecular flexibility index (Phi) is 6.24. The third-order valence-electron chi connectivity index (χ3n) is 4.56. The lowest BCUT2D eigenvalue weighted by atomic mass is 10.1. The molecule has 3 aromatic carbocycles. The number of anilines is 2. The smallest absolute Gasteiger partial charge is 0.365 e. The molecule has 1 amide bonds. The van der Waals surface area contributed by atoms with E-state index >= 15 is 0 Å². The zero-order valence-corrected chi connectivity index (χ0v) is 16.4. The van der Waals surface area contributed by atoms with Crippen LogP contribution in [0.1, 0.15) is 21.5 Å². The summed E-state index contributed by atoms with van der Waals surface area (Å²) >= 11 is 0. The van der Waals surface area contributed by atoms with E-state index in [0.29, 0.717) is 12.2 Å². The second kappa shape index (κ2) is 8.86. The normalized spacial score (nSPS) is 11.1. The highest BCUT2D eigenvalue weighted by atomic mass is 19.4.